The van der Waals surface area contributed by atoms with Crippen molar-refractivity contribution in [2.45, 2.75) is 24.4 Å². The van der Waals surface area contributed by atoms with Gasteiger partial charge in [-0.2, -0.15) is 4.31 Å². The van der Waals surface area contributed by atoms with Gasteiger partial charge < -0.3 is 14.8 Å². The largest absolute Gasteiger partial charge is 0.375 e. The van der Waals surface area contributed by atoms with E-state index >= 15 is 0 Å². The predicted molar refractivity (Wildman–Crippen MR) is 105 cm³/mol. The first-order valence-electron chi connectivity index (χ1n) is 8.97. The van der Waals surface area contributed by atoms with Gasteiger partial charge in [-0.1, -0.05) is 0 Å². The van der Waals surface area contributed by atoms with Crippen LogP contribution in [0.2, 0.25) is 0 Å². The monoisotopic (exact) mass is 408 g/mol. The van der Waals surface area contributed by atoms with Crippen LogP contribution < -0.4 is 5.32 Å². The van der Waals surface area contributed by atoms with Crippen LogP contribution in [0.25, 0.3) is 0 Å². The summed E-state index contributed by atoms with van der Waals surface area (Å²) in [6.45, 7) is 4.46. The maximum Gasteiger partial charge on any atom is 0.293 e. The van der Waals surface area contributed by atoms with Gasteiger partial charge in [0, 0.05) is 57.2 Å². The van der Waals surface area contributed by atoms with Crippen LogP contribution in [0.5, 0.6) is 0 Å². The van der Waals surface area contributed by atoms with Crippen LogP contribution in [-0.2, 0) is 16.6 Å². The molecule has 1 aliphatic rings. The molecule has 11 heteroatoms. The van der Waals surface area contributed by atoms with E-state index in [0.29, 0.717) is 32.7 Å². The summed E-state index contributed by atoms with van der Waals surface area (Å²) in [7, 11) is -1.83. The molecule has 1 atom stereocenters. The van der Waals surface area contributed by atoms with Crippen LogP contribution in [-0.4, -0.2) is 71.4 Å². The van der Waals surface area contributed by atoms with Gasteiger partial charge in [-0.15, -0.1) is 0 Å². The maximum atomic E-state index is 12.9. The summed E-state index contributed by atoms with van der Waals surface area (Å²) in [5.41, 5.74) is 0.0302. The molecule has 1 unspecified atom stereocenters. The summed E-state index contributed by atoms with van der Waals surface area (Å²) in [6.07, 6.45) is 5.13. The molecule has 0 amide bonds. The zero-order chi connectivity index (χ0) is 20.3. The number of hydrogen-bond acceptors (Lipinski definition) is 7. The van der Waals surface area contributed by atoms with E-state index < -0.39 is 14.9 Å². The zero-order valence-corrected chi connectivity index (χ0v) is 16.7. The minimum absolute atomic E-state index is 0.0587. The molecule has 0 aliphatic carbocycles. The van der Waals surface area contributed by atoms with Gasteiger partial charge in [-0.05, 0) is 26.1 Å². The second-order valence-corrected chi connectivity index (χ2v) is 8.89. The number of sulfonamides is 1. The minimum atomic E-state index is -3.77. The smallest absolute Gasteiger partial charge is 0.293 e. The average Bonchev–Trinajstić information content (AvgIpc) is 3.15. The summed E-state index contributed by atoms with van der Waals surface area (Å²) in [4.78, 5) is 16.9. The van der Waals surface area contributed by atoms with Crippen molar-refractivity contribution in [3.05, 3.63) is 47.0 Å². The third-order valence-corrected chi connectivity index (χ3v) is 6.61. The Morgan fingerprint density at radius 1 is 1.29 bits per heavy atom. The molecule has 1 aromatic carbocycles. The van der Waals surface area contributed by atoms with E-state index in [1.165, 1.54) is 16.4 Å². The van der Waals surface area contributed by atoms with E-state index in [1.54, 1.807) is 18.7 Å². The number of nitro groups is 1. The first-order chi connectivity index (χ1) is 13.3. The lowest BCUT2D eigenvalue weighted by atomic mass is 10.2. The molecule has 2 aromatic rings. The maximum absolute atomic E-state index is 12.9. The summed E-state index contributed by atoms with van der Waals surface area (Å²) in [6, 6.07) is 3.91. The van der Waals surface area contributed by atoms with Gasteiger partial charge in [0.2, 0.25) is 10.0 Å². The van der Waals surface area contributed by atoms with Crippen molar-refractivity contribution in [3.8, 4) is 0 Å². The molecule has 28 heavy (non-hydrogen) atoms. The molecule has 1 aromatic heterocycles. The Hall–Kier alpha value is -2.50. The molecular weight excluding hydrogens is 384 g/mol. The fraction of sp³-hybridized carbons (Fsp3) is 0.471. The van der Waals surface area contributed by atoms with Gasteiger partial charge in [0.1, 0.15) is 5.69 Å². The Bertz CT molecular complexity index is 923. The average molecular weight is 408 g/mol. The highest BCUT2D eigenvalue weighted by molar-refractivity contribution is 7.89. The molecule has 1 aliphatic heterocycles. The summed E-state index contributed by atoms with van der Waals surface area (Å²) >= 11 is 0. The molecule has 0 radical (unpaired) electrons. The minimum Gasteiger partial charge on any atom is -0.375 e. The van der Waals surface area contributed by atoms with Crippen LogP contribution in [0, 0.1) is 10.1 Å². The molecule has 0 spiro atoms. The number of nitrogens with one attached hydrogen (secondary N) is 1. The fourth-order valence-corrected chi connectivity index (χ4v) is 4.59. The zero-order valence-electron chi connectivity index (χ0n) is 15.9. The number of imidazole rings is 1. The third kappa shape index (κ3) is 4.49. The Labute approximate surface area is 164 Å². The Morgan fingerprint density at radius 3 is 2.61 bits per heavy atom. The SMILES string of the molecule is CC(Cn1ccnc1)Nc1ccc(S(=O)(=O)N2CCN(C)CC2)cc1[N+](=O)[O-]. The second kappa shape index (κ2) is 8.25. The van der Waals surface area contributed by atoms with Crippen molar-refractivity contribution >= 4 is 21.4 Å². The molecule has 1 fully saturated rings. The highest BCUT2D eigenvalue weighted by Gasteiger charge is 2.29. The van der Waals surface area contributed by atoms with E-state index in [9.17, 15) is 18.5 Å². The number of aromatic nitrogens is 2. The van der Waals surface area contributed by atoms with Gasteiger partial charge in [-0.3, -0.25) is 10.1 Å². The van der Waals surface area contributed by atoms with E-state index in [1.807, 2.05) is 23.4 Å². The Balaban J connectivity index is 1.81. The number of likely N-dealkylation sites (N-methyl/N-ethyl adjacent to an activating group) is 1. The number of anilines is 1. The molecule has 152 valence electrons. The van der Waals surface area contributed by atoms with Crippen molar-refractivity contribution in [3.63, 3.8) is 0 Å². The highest BCUT2D eigenvalue weighted by Crippen LogP contribution is 2.30. The van der Waals surface area contributed by atoms with Gasteiger partial charge in [-0.25, -0.2) is 13.4 Å². The van der Waals surface area contributed by atoms with Crippen molar-refractivity contribution in [2.24, 2.45) is 0 Å². The van der Waals surface area contributed by atoms with Crippen LogP contribution in [0.3, 0.4) is 0 Å². The summed E-state index contributed by atoms with van der Waals surface area (Å²) in [5, 5.41) is 14.6. The van der Waals surface area contributed by atoms with E-state index in [2.05, 4.69) is 10.3 Å². The van der Waals surface area contributed by atoms with Gasteiger partial charge >= 0.3 is 0 Å². The van der Waals surface area contributed by atoms with E-state index in [0.717, 1.165) is 6.07 Å². The molecule has 10 nitrogen and oxygen atoms in total. The highest BCUT2D eigenvalue weighted by atomic mass is 32.2. The molecule has 3 rings (SSSR count). The van der Waals surface area contributed by atoms with Crippen molar-refractivity contribution < 1.29 is 13.3 Å². The number of hydrogen-bond donors (Lipinski definition) is 1. The molecule has 0 saturated carbocycles. The lowest BCUT2D eigenvalue weighted by Crippen LogP contribution is -2.47. The van der Waals surface area contributed by atoms with Crippen LogP contribution in [0.4, 0.5) is 11.4 Å². The molecule has 0 bridgehead atoms. The van der Waals surface area contributed by atoms with Crippen molar-refractivity contribution in [2.75, 3.05) is 38.5 Å². The fourth-order valence-electron chi connectivity index (χ4n) is 3.14. The summed E-state index contributed by atoms with van der Waals surface area (Å²) < 4.78 is 29.0. The Morgan fingerprint density at radius 2 is 2.00 bits per heavy atom. The van der Waals surface area contributed by atoms with E-state index in [4.69, 9.17) is 0 Å². The van der Waals surface area contributed by atoms with Crippen molar-refractivity contribution in [1.82, 2.24) is 18.8 Å². The lowest BCUT2D eigenvalue weighted by molar-refractivity contribution is -0.384. The normalized spacial score (nSPS) is 17.4. The van der Waals surface area contributed by atoms with Crippen LogP contribution in [0.1, 0.15) is 6.92 Å². The summed E-state index contributed by atoms with van der Waals surface area (Å²) in [5.74, 6) is 0. The van der Waals surface area contributed by atoms with Crippen LogP contribution >= 0.6 is 0 Å². The topological polar surface area (TPSA) is 114 Å². The van der Waals surface area contributed by atoms with E-state index in [-0.39, 0.29) is 22.3 Å². The predicted octanol–water partition coefficient (Wildman–Crippen LogP) is 1.23. The first kappa shape index (κ1) is 20.2. The number of nitrogens with zero attached hydrogens (tertiary/aromatic N) is 5. The first-order valence-corrected chi connectivity index (χ1v) is 10.4. The number of nitro benzene ring substituents is 1. The Kier molecular flexibility index (Phi) is 5.96. The second-order valence-electron chi connectivity index (χ2n) is 6.95. The number of piperazine rings is 1. The lowest BCUT2D eigenvalue weighted by Gasteiger charge is -2.31. The standard InChI is InChI=1S/C17H24N6O4S/c1-14(12-21-6-5-18-13-21)19-16-4-3-15(11-17(16)23(24)25)28(26,27)22-9-7-20(2)8-10-22/h3-6,11,13-14,19H,7-10,12H2,1-2H3. The number of rotatable bonds is 7. The van der Waals surface area contributed by atoms with Gasteiger partial charge in [0.05, 0.1) is 16.1 Å². The molecular formula is C17H24N6O4S. The van der Waals surface area contributed by atoms with Gasteiger partial charge in [0.15, 0.2) is 0 Å². The molecule has 1 saturated heterocycles. The quantitative estimate of drug-likeness (QED) is 0.541. The van der Waals surface area contributed by atoms with Gasteiger partial charge in [0.25, 0.3) is 5.69 Å². The van der Waals surface area contributed by atoms with Crippen LogP contribution in [0.15, 0.2) is 41.8 Å². The molecule has 1 N–H and O–H groups in total. The molecule has 2 heterocycles. The number of benzene rings is 1. The van der Waals surface area contributed by atoms with Crippen molar-refractivity contribution in [1.29, 1.82) is 0 Å². The third-order valence-electron chi connectivity index (χ3n) is 4.71.